The summed E-state index contributed by atoms with van der Waals surface area (Å²) in [6.45, 7) is 19.3. The third-order valence-electron chi connectivity index (χ3n) is 11.2. The molecule has 0 bridgehead atoms. The summed E-state index contributed by atoms with van der Waals surface area (Å²) in [5.74, 6) is 1.02. The molecule has 2 aromatic heterocycles. The molecule has 314 valence electrons. The van der Waals surface area contributed by atoms with Gasteiger partial charge >= 0.3 is 5.97 Å². The summed E-state index contributed by atoms with van der Waals surface area (Å²) < 4.78 is 12.1. The Hall–Kier alpha value is -3.99. The first-order valence-corrected chi connectivity index (χ1v) is 22.7. The van der Waals surface area contributed by atoms with Gasteiger partial charge in [0.15, 0.2) is 8.32 Å². The Morgan fingerprint density at radius 1 is 0.897 bits per heavy atom. The molecule has 0 spiro atoms. The second-order valence-corrected chi connectivity index (χ2v) is 21.3. The number of hydrogen-bond acceptors (Lipinski definition) is 11. The number of hydrogen-bond donors (Lipinski definition) is 2. The molecule has 4 heterocycles. The normalized spacial score (nSPS) is 17.5. The van der Waals surface area contributed by atoms with Crippen molar-refractivity contribution in [2.75, 3.05) is 56.0 Å². The SMILES string of the molecule is CC(=O)OC1CC(CCNC(=O)CN2CCN(Cc3ccccc3)CC2)N(c2ccc(-c3ccnc(Nc4cccc(CO[Si](C)(C)C(C)(C)C)c4)n3)cn2)C1.S.S. The average molecular weight is 847 g/mol. The molecule has 2 N–H and O–H groups in total. The molecule has 2 atom stereocenters. The molecule has 2 saturated heterocycles. The highest BCUT2D eigenvalue weighted by molar-refractivity contribution is 7.59. The predicted molar refractivity (Wildman–Crippen MR) is 245 cm³/mol. The molecule has 58 heavy (non-hydrogen) atoms. The third kappa shape index (κ3) is 13.3. The number of piperazine rings is 1. The van der Waals surface area contributed by atoms with Gasteiger partial charge in [-0.3, -0.25) is 19.4 Å². The minimum atomic E-state index is -1.87. The quantitative estimate of drug-likeness (QED) is 0.0964. The van der Waals surface area contributed by atoms with Gasteiger partial charge in [-0.1, -0.05) is 63.2 Å². The van der Waals surface area contributed by atoms with Crippen molar-refractivity contribution < 1.29 is 18.8 Å². The Kier molecular flexibility index (Phi) is 17.2. The maximum Gasteiger partial charge on any atom is 0.302 e. The van der Waals surface area contributed by atoms with Crippen LogP contribution in [0, 0.1) is 0 Å². The molecule has 0 aliphatic carbocycles. The summed E-state index contributed by atoms with van der Waals surface area (Å²) in [5.41, 5.74) is 4.91. The van der Waals surface area contributed by atoms with E-state index in [1.165, 1.54) is 12.5 Å². The number of anilines is 3. The maximum absolute atomic E-state index is 12.9. The van der Waals surface area contributed by atoms with Gasteiger partial charge in [0.1, 0.15) is 11.9 Å². The molecule has 1 amide bonds. The van der Waals surface area contributed by atoms with E-state index in [4.69, 9.17) is 19.1 Å². The van der Waals surface area contributed by atoms with E-state index in [-0.39, 0.29) is 56.1 Å². The van der Waals surface area contributed by atoms with Crippen molar-refractivity contribution in [1.29, 1.82) is 0 Å². The standard InChI is InChI=1S/C43H58N8O4Si.2H2S/c1-32(52)55-38-26-37(17-19-44-41(53)30-50-23-21-49(22-24-50)28-33-11-8-7-9-12-33)51(29-38)40-16-15-35(27-46-40)39-18-20-45-42(48-39)47-36-14-10-13-34(25-36)31-54-56(5,6)43(2,3)4;;/h7-16,18,20,25,27,37-38H,17,19,21-24,26,28-31H2,1-6H3,(H,44,53)(H,45,47,48);2*1H2. The summed E-state index contributed by atoms with van der Waals surface area (Å²) >= 11 is 0. The fourth-order valence-electron chi connectivity index (χ4n) is 6.97. The summed E-state index contributed by atoms with van der Waals surface area (Å²) in [6, 6.07) is 24.6. The molecule has 2 aliphatic heterocycles. The fourth-order valence-corrected chi connectivity index (χ4v) is 7.93. The Bertz CT molecular complexity index is 1910. The zero-order valence-corrected chi connectivity index (χ0v) is 37.8. The summed E-state index contributed by atoms with van der Waals surface area (Å²) in [4.78, 5) is 45.7. The van der Waals surface area contributed by atoms with Crippen LogP contribution in [-0.2, 0) is 31.9 Å². The van der Waals surface area contributed by atoms with E-state index in [0.29, 0.717) is 45.0 Å². The number of carbonyl (C=O) groups is 2. The fraction of sp³-hybridized carbons (Fsp3) is 0.465. The zero-order valence-electron chi connectivity index (χ0n) is 34.8. The third-order valence-corrected chi connectivity index (χ3v) is 15.7. The number of aromatic nitrogens is 3. The van der Waals surface area contributed by atoms with E-state index in [0.717, 1.165) is 61.0 Å². The number of ether oxygens (including phenoxy) is 1. The Morgan fingerprint density at radius 3 is 2.31 bits per heavy atom. The van der Waals surface area contributed by atoms with Crippen LogP contribution in [0.3, 0.4) is 0 Å². The largest absolute Gasteiger partial charge is 0.461 e. The average Bonchev–Trinajstić information content (AvgIpc) is 3.56. The number of amides is 1. The molecule has 2 unspecified atom stereocenters. The lowest BCUT2D eigenvalue weighted by molar-refractivity contribution is -0.145. The Balaban J connectivity index is 0.00000372. The Morgan fingerprint density at radius 2 is 1.62 bits per heavy atom. The summed E-state index contributed by atoms with van der Waals surface area (Å²) in [7, 11) is -1.87. The number of nitrogens with zero attached hydrogens (tertiary/aromatic N) is 6. The van der Waals surface area contributed by atoms with Crippen LogP contribution >= 0.6 is 27.0 Å². The van der Waals surface area contributed by atoms with Crippen LogP contribution in [0.2, 0.25) is 18.1 Å². The molecule has 12 nitrogen and oxygen atoms in total. The van der Waals surface area contributed by atoms with Crippen LogP contribution in [0.5, 0.6) is 0 Å². The highest BCUT2D eigenvalue weighted by Crippen LogP contribution is 2.37. The van der Waals surface area contributed by atoms with Gasteiger partial charge in [-0.15, -0.1) is 0 Å². The van der Waals surface area contributed by atoms with Crippen LogP contribution in [0.4, 0.5) is 17.5 Å². The van der Waals surface area contributed by atoms with Crippen LogP contribution < -0.4 is 15.5 Å². The lowest BCUT2D eigenvalue weighted by Crippen LogP contribution is -2.49. The first-order chi connectivity index (χ1) is 26.8. The van der Waals surface area contributed by atoms with Gasteiger partial charge < -0.3 is 24.7 Å². The van der Waals surface area contributed by atoms with Gasteiger partial charge in [-0.25, -0.2) is 15.0 Å². The summed E-state index contributed by atoms with van der Waals surface area (Å²) in [6.07, 6.45) is 4.70. The maximum atomic E-state index is 12.9. The molecule has 2 fully saturated rings. The molecule has 15 heteroatoms. The second kappa shape index (κ2) is 21.3. The Labute approximate surface area is 359 Å². The van der Waals surface area contributed by atoms with Crippen LogP contribution in [0.15, 0.2) is 85.2 Å². The first kappa shape index (κ1) is 46.7. The van der Waals surface area contributed by atoms with E-state index in [1.807, 2.05) is 42.6 Å². The van der Waals surface area contributed by atoms with Gasteiger partial charge in [0, 0.05) is 82.3 Å². The topological polar surface area (TPSA) is 125 Å². The van der Waals surface area contributed by atoms with Crippen molar-refractivity contribution >= 4 is 64.6 Å². The highest BCUT2D eigenvalue weighted by atomic mass is 32.1. The van der Waals surface area contributed by atoms with Gasteiger partial charge in [0.05, 0.1) is 25.4 Å². The van der Waals surface area contributed by atoms with E-state index in [1.54, 1.807) is 6.20 Å². The number of esters is 1. The molecular formula is C43H62N8O4S2Si. The van der Waals surface area contributed by atoms with Crippen molar-refractivity contribution in [2.24, 2.45) is 0 Å². The minimum Gasteiger partial charge on any atom is -0.461 e. The van der Waals surface area contributed by atoms with E-state index in [9.17, 15) is 9.59 Å². The van der Waals surface area contributed by atoms with E-state index < -0.39 is 8.32 Å². The number of rotatable bonds is 15. The second-order valence-electron chi connectivity index (χ2n) is 16.5. The molecule has 0 saturated carbocycles. The van der Waals surface area contributed by atoms with Gasteiger partial charge in [-0.05, 0) is 66.0 Å². The van der Waals surface area contributed by atoms with Crippen molar-refractivity contribution in [3.05, 3.63) is 96.3 Å². The smallest absolute Gasteiger partial charge is 0.302 e. The van der Waals surface area contributed by atoms with Crippen molar-refractivity contribution in [3.8, 4) is 11.3 Å². The van der Waals surface area contributed by atoms with Gasteiger partial charge in [0.2, 0.25) is 11.9 Å². The predicted octanol–water partition coefficient (Wildman–Crippen LogP) is 6.86. The van der Waals surface area contributed by atoms with Crippen LogP contribution in [0.1, 0.15) is 51.7 Å². The van der Waals surface area contributed by atoms with E-state index >= 15 is 0 Å². The minimum absolute atomic E-state index is 0. The van der Waals surface area contributed by atoms with Crippen LogP contribution in [-0.4, -0.2) is 103 Å². The zero-order chi connectivity index (χ0) is 39.7. The number of pyridine rings is 1. The highest BCUT2D eigenvalue weighted by Gasteiger charge is 2.37. The molecule has 0 radical (unpaired) electrons. The molecular weight excluding hydrogens is 785 g/mol. The van der Waals surface area contributed by atoms with Crippen molar-refractivity contribution in [2.45, 2.75) is 84.0 Å². The first-order valence-electron chi connectivity index (χ1n) is 19.8. The van der Waals surface area contributed by atoms with Gasteiger partial charge in [-0.2, -0.15) is 27.0 Å². The number of nitrogens with one attached hydrogen (secondary N) is 2. The van der Waals surface area contributed by atoms with Crippen molar-refractivity contribution in [1.82, 2.24) is 30.1 Å². The summed E-state index contributed by atoms with van der Waals surface area (Å²) in [5, 5.41) is 6.63. The van der Waals surface area contributed by atoms with Crippen LogP contribution in [0.25, 0.3) is 11.3 Å². The molecule has 2 aliphatic rings. The molecule has 4 aromatic rings. The number of carbonyl (C=O) groups excluding carboxylic acids is 2. The molecule has 6 rings (SSSR count). The van der Waals surface area contributed by atoms with Crippen molar-refractivity contribution in [3.63, 3.8) is 0 Å². The lowest BCUT2D eigenvalue weighted by Gasteiger charge is -2.36. The number of benzene rings is 2. The molecule has 2 aromatic carbocycles. The monoisotopic (exact) mass is 846 g/mol. The van der Waals surface area contributed by atoms with Gasteiger partial charge in [0.25, 0.3) is 0 Å². The lowest BCUT2D eigenvalue weighted by atomic mass is 10.1. The van der Waals surface area contributed by atoms with E-state index in [2.05, 4.69) is 101 Å².